The van der Waals surface area contributed by atoms with Gasteiger partial charge in [-0.05, 0) is 24.5 Å². The SMILES string of the molecule is CCCC(C)COCC(=O)Nc1c(N)cc(Cl)cc1Cl. The van der Waals surface area contributed by atoms with Crippen LogP contribution < -0.4 is 11.1 Å². The van der Waals surface area contributed by atoms with Gasteiger partial charge in [0, 0.05) is 11.6 Å². The lowest BCUT2D eigenvalue weighted by atomic mass is 10.1. The minimum Gasteiger partial charge on any atom is -0.397 e. The molecule has 0 aromatic heterocycles. The maximum atomic E-state index is 11.8. The highest BCUT2D eigenvalue weighted by Gasteiger charge is 2.11. The van der Waals surface area contributed by atoms with E-state index in [2.05, 4.69) is 19.2 Å². The number of nitrogens with one attached hydrogen (secondary N) is 1. The van der Waals surface area contributed by atoms with E-state index in [9.17, 15) is 4.79 Å². The lowest BCUT2D eigenvalue weighted by Crippen LogP contribution is -2.21. The van der Waals surface area contributed by atoms with Crippen LogP contribution in [0.15, 0.2) is 12.1 Å². The Morgan fingerprint density at radius 1 is 1.45 bits per heavy atom. The summed E-state index contributed by atoms with van der Waals surface area (Å²) in [4.78, 5) is 11.8. The lowest BCUT2D eigenvalue weighted by molar-refractivity contribution is -0.121. The first-order chi connectivity index (χ1) is 9.43. The van der Waals surface area contributed by atoms with E-state index >= 15 is 0 Å². The molecule has 0 bridgehead atoms. The van der Waals surface area contributed by atoms with Crippen molar-refractivity contribution in [3.05, 3.63) is 22.2 Å². The number of carbonyl (C=O) groups excluding carboxylic acids is 1. The molecule has 4 nitrogen and oxygen atoms in total. The van der Waals surface area contributed by atoms with Crippen LogP contribution in [-0.2, 0) is 9.53 Å². The van der Waals surface area contributed by atoms with Crippen LogP contribution in [0.5, 0.6) is 0 Å². The molecular formula is C14H20Cl2N2O2. The molecular weight excluding hydrogens is 299 g/mol. The molecule has 1 aromatic carbocycles. The average molecular weight is 319 g/mol. The van der Waals surface area contributed by atoms with E-state index in [1.54, 1.807) is 0 Å². The van der Waals surface area contributed by atoms with Crippen LogP contribution >= 0.6 is 23.2 Å². The minimum absolute atomic E-state index is 0.0214. The summed E-state index contributed by atoms with van der Waals surface area (Å²) >= 11 is 11.8. The van der Waals surface area contributed by atoms with Crippen molar-refractivity contribution >= 4 is 40.5 Å². The van der Waals surface area contributed by atoms with Gasteiger partial charge in [0.2, 0.25) is 5.91 Å². The highest BCUT2D eigenvalue weighted by molar-refractivity contribution is 6.37. The number of ether oxygens (including phenoxy) is 1. The van der Waals surface area contributed by atoms with Gasteiger partial charge >= 0.3 is 0 Å². The smallest absolute Gasteiger partial charge is 0.250 e. The Hall–Kier alpha value is -0.970. The maximum Gasteiger partial charge on any atom is 0.250 e. The van der Waals surface area contributed by atoms with Crippen molar-refractivity contribution in [3.63, 3.8) is 0 Å². The number of nitrogen functional groups attached to an aromatic ring is 1. The summed E-state index contributed by atoms with van der Waals surface area (Å²) < 4.78 is 5.36. The van der Waals surface area contributed by atoms with Crippen LogP contribution in [0.3, 0.4) is 0 Å². The fourth-order valence-corrected chi connectivity index (χ4v) is 2.39. The number of carbonyl (C=O) groups is 1. The summed E-state index contributed by atoms with van der Waals surface area (Å²) in [5.41, 5.74) is 6.46. The van der Waals surface area contributed by atoms with E-state index in [0.29, 0.717) is 33.9 Å². The molecule has 1 unspecified atom stereocenters. The molecule has 3 N–H and O–H groups in total. The molecule has 0 heterocycles. The quantitative estimate of drug-likeness (QED) is 0.748. The molecule has 0 aliphatic carbocycles. The van der Waals surface area contributed by atoms with Gasteiger partial charge in [-0.2, -0.15) is 0 Å². The van der Waals surface area contributed by atoms with Gasteiger partial charge in [-0.1, -0.05) is 43.5 Å². The molecule has 6 heteroatoms. The van der Waals surface area contributed by atoms with Crippen LogP contribution in [-0.4, -0.2) is 19.1 Å². The van der Waals surface area contributed by atoms with E-state index in [4.69, 9.17) is 33.7 Å². The fraction of sp³-hybridized carbons (Fsp3) is 0.500. The van der Waals surface area contributed by atoms with Crippen LogP contribution in [0.4, 0.5) is 11.4 Å². The third-order valence-electron chi connectivity index (χ3n) is 2.77. The van der Waals surface area contributed by atoms with E-state index in [1.807, 2.05) is 0 Å². The molecule has 112 valence electrons. The summed E-state index contributed by atoms with van der Waals surface area (Å²) in [6, 6.07) is 3.06. The van der Waals surface area contributed by atoms with Crippen LogP contribution in [0, 0.1) is 5.92 Å². The molecule has 0 radical (unpaired) electrons. The average Bonchev–Trinajstić information content (AvgIpc) is 2.34. The van der Waals surface area contributed by atoms with Gasteiger partial charge in [0.15, 0.2) is 0 Å². The molecule has 1 rings (SSSR count). The normalized spacial score (nSPS) is 12.2. The van der Waals surface area contributed by atoms with Crippen molar-refractivity contribution in [3.8, 4) is 0 Å². The number of hydrogen-bond acceptors (Lipinski definition) is 3. The maximum absolute atomic E-state index is 11.8. The zero-order valence-corrected chi connectivity index (χ0v) is 13.2. The molecule has 0 aliphatic rings. The van der Waals surface area contributed by atoms with Crippen molar-refractivity contribution in [2.75, 3.05) is 24.3 Å². The Morgan fingerprint density at radius 3 is 2.75 bits per heavy atom. The van der Waals surface area contributed by atoms with Crippen molar-refractivity contribution < 1.29 is 9.53 Å². The molecule has 0 saturated carbocycles. The molecule has 1 atom stereocenters. The number of amides is 1. The second kappa shape index (κ2) is 8.35. The first-order valence-electron chi connectivity index (χ1n) is 6.56. The van der Waals surface area contributed by atoms with Gasteiger partial charge in [-0.15, -0.1) is 0 Å². The number of halogens is 2. The topological polar surface area (TPSA) is 64.3 Å². The van der Waals surface area contributed by atoms with Crippen molar-refractivity contribution in [2.24, 2.45) is 5.92 Å². The van der Waals surface area contributed by atoms with Crippen LogP contribution in [0.2, 0.25) is 10.0 Å². The summed E-state index contributed by atoms with van der Waals surface area (Å²) in [5.74, 6) is 0.154. The second-order valence-electron chi connectivity index (χ2n) is 4.81. The predicted octanol–water partition coefficient (Wildman–Crippen LogP) is 3.97. The summed E-state index contributed by atoms with van der Waals surface area (Å²) in [5, 5.41) is 3.37. The van der Waals surface area contributed by atoms with Gasteiger partial charge in [0.25, 0.3) is 0 Å². The van der Waals surface area contributed by atoms with E-state index in [-0.39, 0.29) is 12.5 Å². The molecule has 0 saturated heterocycles. The van der Waals surface area contributed by atoms with Gasteiger partial charge in [0.1, 0.15) is 6.61 Å². The Labute approximate surface area is 129 Å². The third kappa shape index (κ3) is 5.57. The van der Waals surface area contributed by atoms with Crippen molar-refractivity contribution in [2.45, 2.75) is 26.7 Å². The highest BCUT2D eigenvalue weighted by atomic mass is 35.5. The van der Waals surface area contributed by atoms with Gasteiger partial charge in [0.05, 0.1) is 16.4 Å². The summed E-state index contributed by atoms with van der Waals surface area (Å²) in [6.45, 7) is 4.75. The summed E-state index contributed by atoms with van der Waals surface area (Å²) in [7, 11) is 0. The summed E-state index contributed by atoms with van der Waals surface area (Å²) in [6.07, 6.45) is 2.19. The molecule has 0 spiro atoms. The lowest BCUT2D eigenvalue weighted by Gasteiger charge is -2.13. The Morgan fingerprint density at radius 2 is 2.15 bits per heavy atom. The molecule has 1 amide bonds. The zero-order valence-electron chi connectivity index (χ0n) is 11.7. The number of rotatable bonds is 7. The minimum atomic E-state index is -0.287. The van der Waals surface area contributed by atoms with Gasteiger partial charge in [-0.25, -0.2) is 0 Å². The first kappa shape index (κ1) is 17.1. The zero-order chi connectivity index (χ0) is 15.1. The highest BCUT2D eigenvalue weighted by Crippen LogP contribution is 2.31. The fourth-order valence-electron chi connectivity index (χ4n) is 1.83. The molecule has 1 aromatic rings. The predicted molar refractivity (Wildman–Crippen MR) is 84.4 cm³/mol. The Bertz CT molecular complexity index is 443. The molecule has 0 fully saturated rings. The Kier molecular flexibility index (Phi) is 7.13. The molecule has 20 heavy (non-hydrogen) atoms. The first-order valence-corrected chi connectivity index (χ1v) is 7.31. The third-order valence-corrected chi connectivity index (χ3v) is 3.28. The second-order valence-corrected chi connectivity index (χ2v) is 5.65. The number of anilines is 2. The number of nitrogens with two attached hydrogens (primary N) is 1. The Balaban J connectivity index is 2.47. The standard InChI is InChI=1S/C14H20Cl2N2O2/c1-3-4-9(2)7-20-8-13(19)18-14-11(16)5-10(15)6-12(14)17/h5-6,9H,3-4,7-8,17H2,1-2H3,(H,18,19). The van der Waals surface area contributed by atoms with Gasteiger partial charge < -0.3 is 15.8 Å². The number of hydrogen-bond donors (Lipinski definition) is 2. The van der Waals surface area contributed by atoms with Crippen LogP contribution in [0.25, 0.3) is 0 Å². The van der Waals surface area contributed by atoms with Crippen molar-refractivity contribution in [1.82, 2.24) is 0 Å². The van der Waals surface area contributed by atoms with Crippen molar-refractivity contribution in [1.29, 1.82) is 0 Å². The number of benzene rings is 1. The van der Waals surface area contributed by atoms with E-state index in [0.717, 1.165) is 12.8 Å². The van der Waals surface area contributed by atoms with E-state index < -0.39 is 0 Å². The largest absolute Gasteiger partial charge is 0.397 e. The van der Waals surface area contributed by atoms with Gasteiger partial charge in [-0.3, -0.25) is 4.79 Å². The molecule has 0 aliphatic heterocycles. The van der Waals surface area contributed by atoms with Crippen LogP contribution in [0.1, 0.15) is 26.7 Å². The monoisotopic (exact) mass is 318 g/mol. The van der Waals surface area contributed by atoms with E-state index in [1.165, 1.54) is 12.1 Å².